The molecule has 0 bridgehead atoms. The number of rotatable bonds is 9. The summed E-state index contributed by atoms with van der Waals surface area (Å²) in [5.41, 5.74) is 0.896. The van der Waals surface area contributed by atoms with Crippen molar-refractivity contribution in [1.82, 2.24) is 5.32 Å². The van der Waals surface area contributed by atoms with Crippen LogP contribution in [0.2, 0.25) is 5.02 Å². The number of halogens is 1. The zero-order chi connectivity index (χ0) is 15.1. The van der Waals surface area contributed by atoms with Crippen molar-refractivity contribution in [2.75, 3.05) is 13.2 Å². The van der Waals surface area contributed by atoms with Crippen molar-refractivity contribution in [3.63, 3.8) is 0 Å². The number of benzene rings is 1. The molecular weight excluding hydrogens is 290 g/mol. The lowest BCUT2D eigenvalue weighted by Gasteiger charge is -2.13. The smallest absolute Gasteiger partial charge is 0.344 e. The number of ether oxygens (including phenoxy) is 2. The van der Waals surface area contributed by atoms with E-state index < -0.39 is 0 Å². The summed E-state index contributed by atoms with van der Waals surface area (Å²) in [5.74, 6) is 0.299. The van der Waals surface area contributed by atoms with Crippen LogP contribution in [0.3, 0.4) is 0 Å². The van der Waals surface area contributed by atoms with E-state index in [1.54, 1.807) is 0 Å². The van der Waals surface area contributed by atoms with Gasteiger partial charge in [0.05, 0.1) is 6.61 Å². The summed E-state index contributed by atoms with van der Waals surface area (Å²) in [6, 6.07) is 6.07. The minimum atomic E-state index is -0.343. The minimum absolute atomic E-state index is 0.0829. The Hall–Kier alpha value is -1.26. The van der Waals surface area contributed by atoms with Crippen molar-refractivity contribution in [2.45, 2.75) is 45.2 Å². The van der Waals surface area contributed by atoms with E-state index in [-0.39, 0.29) is 12.6 Å². The third kappa shape index (κ3) is 5.56. The van der Waals surface area contributed by atoms with Crippen LogP contribution in [-0.2, 0) is 16.1 Å². The molecule has 1 aliphatic rings. The van der Waals surface area contributed by atoms with E-state index in [9.17, 15) is 4.79 Å². The Bertz CT molecular complexity index is 475. The van der Waals surface area contributed by atoms with Crippen molar-refractivity contribution >= 4 is 17.6 Å². The number of carbonyl (C=O) groups is 1. The van der Waals surface area contributed by atoms with E-state index in [1.165, 1.54) is 12.8 Å². The lowest BCUT2D eigenvalue weighted by Crippen LogP contribution is -2.19. The molecule has 0 saturated heterocycles. The Morgan fingerprint density at radius 3 is 2.95 bits per heavy atom. The van der Waals surface area contributed by atoms with Crippen LogP contribution >= 0.6 is 11.6 Å². The van der Waals surface area contributed by atoms with Crippen molar-refractivity contribution in [2.24, 2.45) is 0 Å². The molecule has 0 atom stereocenters. The predicted octanol–water partition coefficient (Wildman–Crippen LogP) is 3.31. The van der Waals surface area contributed by atoms with Crippen LogP contribution in [-0.4, -0.2) is 25.2 Å². The molecule has 1 aromatic carbocycles. The summed E-state index contributed by atoms with van der Waals surface area (Å²) in [7, 11) is 0. The van der Waals surface area contributed by atoms with E-state index in [0.29, 0.717) is 30.0 Å². The number of carbonyl (C=O) groups excluding carboxylic acids is 1. The van der Waals surface area contributed by atoms with Crippen LogP contribution in [0.4, 0.5) is 0 Å². The van der Waals surface area contributed by atoms with Gasteiger partial charge in [-0.3, -0.25) is 0 Å². The largest absolute Gasteiger partial charge is 0.482 e. The molecule has 0 unspecified atom stereocenters. The Morgan fingerprint density at radius 2 is 2.24 bits per heavy atom. The van der Waals surface area contributed by atoms with E-state index in [4.69, 9.17) is 21.1 Å². The van der Waals surface area contributed by atoms with Gasteiger partial charge in [-0.2, -0.15) is 0 Å². The summed E-state index contributed by atoms with van der Waals surface area (Å²) < 4.78 is 10.6. The third-order valence-corrected chi connectivity index (χ3v) is 3.68. The Morgan fingerprint density at radius 1 is 1.43 bits per heavy atom. The average Bonchev–Trinajstić information content (AvgIpc) is 3.28. The fourth-order valence-corrected chi connectivity index (χ4v) is 2.12. The van der Waals surface area contributed by atoms with Crippen LogP contribution < -0.4 is 10.1 Å². The maximum absolute atomic E-state index is 11.6. The van der Waals surface area contributed by atoms with Gasteiger partial charge in [-0.15, -0.1) is 0 Å². The SMILES string of the molecule is CCCCOC(=O)COc1cccc(Cl)c1CNC1CC1. The van der Waals surface area contributed by atoms with Gasteiger partial charge in [-0.25, -0.2) is 4.79 Å². The number of nitrogens with one attached hydrogen (secondary N) is 1. The molecule has 1 N–H and O–H groups in total. The maximum Gasteiger partial charge on any atom is 0.344 e. The fraction of sp³-hybridized carbons (Fsp3) is 0.562. The topological polar surface area (TPSA) is 47.6 Å². The highest BCUT2D eigenvalue weighted by atomic mass is 35.5. The van der Waals surface area contributed by atoms with Crippen LogP contribution in [0.15, 0.2) is 18.2 Å². The second kappa shape index (κ2) is 8.25. The van der Waals surface area contributed by atoms with Gasteiger partial charge in [-0.1, -0.05) is 31.0 Å². The fourth-order valence-electron chi connectivity index (χ4n) is 1.89. The van der Waals surface area contributed by atoms with Crippen LogP contribution in [0.1, 0.15) is 38.2 Å². The highest BCUT2D eigenvalue weighted by Crippen LogP contribution is 2.28. The number of esters is 1. The monoisotopic (exact) mass is 311 g/mol. The maximum atomic E-state index is 11.6. The van der Waals surface area contributed by atoms with E-state index in [0.717, 1.165) is 18.4 Å². The highest BCUT2D eigenvalue weighted by molar-refractivity contribution is 6.31. The number of hydrogen-bond donors (Lipinski definition) is 1. The summed E-state index contributed by atoms with van der Waals surface area (Å²) in [5, 5.41) is 4.06. The third-order valence-electron chi connectivity index (χ3n) is 3.33. The summed E-state index contributed by atoms with van der Waals surface area (Å²) >= 11 is 6.21. The Kier molecular flexibility index (Phi) is 6.33. The van der Waals surface area contributed by atoms with Gasteiger partial charge in [0.2, 0.25) is 0 Å². The zero-order valence-electron chi connectivity index (χ0n) is 12.4. The van der Waals surface area contributed by atoms with Crippen LogP contribution in [0.25, 0.3) is 0 Å². The molecule has 1 fully saturated rings. The second-order valence-corrected chi connectivity index (χ2v) is 5.64. The predicted molar refractivity (Wildman–Crippen MR) is 82.7 cm³/mol. The summed E-state index contributed by atoms with van der Waals surface area (Å²) in [6.07, 6.45) is 4.30. The van der Waals surface area contributed by atoms with Gasteiger partial charge in [-0.05, 0) is 31.4 Å². The number of unbranched alkanes of at least 4 members (excludes halogenated alkanes) is 1. The molecule has 1 aliphatic carbocycles. The van der Waals surface area contributed by atoms with Gasteiger partial charge >= 0.3 is 5.97 Å². The van der Waals surface area contributed by atoms with E-state index in [2.05, 4.69) is 12.2 Å². The molecular formula is C16H22ClNO3. The Labute approximate surface area is 130 Å². The van der Waals surface area contributed by atoms with Crippen molar-refractivity contribution in [3.8, 4) is 5.75 Å². The number of hydrogen-bond acceptors (Lipinski definition) is 4. The van der Waals surface area contributed by atoms with E-state index in [1.807, 2.05) is 18.2 Å². The first-order valence-electron chi connectivity index (χ1n) is 7.50. The molecule has 1 aromatic rings. The van der Waals surface area contributed by atoms with E-state index >= 15 is 0 Å². The first-order valence-corrected chi connectivity index (χ1v) is 7.87. The molecule has 116 valence electrons. The van der Waals surface area contributed by atoms with Crippen LogP contribution in [0.5, 0.6) is 5.75 Å². The average molecular weight is 312 g/mol. The van der Waals surface area contributed by atoms with Gasteiger partial charge in [0.25, 0.3) is 0 Å². The quantitative estimate of drug-likeness (QED) is 0.561. The lowest BCUT2D eigenvalue weighted by molar-refractivity contribution is -0.146. The van der Waals surface area contributed by atoms with Gasteiger partial charge < -0.3 is 14.8 Å². The first kappa shape index (κ1) is 16.1. The molecule has 5 heteroatoms. The van der Waals surface area contributed by atoms with Crippen LogP contribution in [0, 0.1) is 0 Å². The second-order valence-electron chi connectivity index (χ2n) is 5.23. The van der Waals surface area contributed by atoms with Crippen molar-refractivity contribution in [3.05, 3.63) is 28.8 Å². The molecule has 4 nitrogen and oxygen atoms in total. The molecule has 21 heavy (non-hydrogen) atoms. The molecule has 2 rings (SSSR count). The summed E-state index contributed by atoms with van der Waals surface area (Å²) in [6.45, 7) is 3.07. The normalized spacial score (nSPS) is 14.0. The van der Waals surface area contributed by atoms with Gasteiger partial charge in [0.15, 0.2) is 6.61 Å². The molecule has 0 radical (unpaired) electrons. The molecule has 1 saturated carbocycles. The molecule has 0 amide bonds. The highest BCUT2D eigenvalue weighted by Gasteiger charge is 2.21. The van der Waals surface area contributed by atoms with Gasteiger partial charge in [0.1, 0.15) is 5.75 Å². The zero-order valence-corrected chi connectivity index (χ0v) is 13.1. The lowest BCUT2D eigenvalue weighted by atomic mass is 10.2. The summed E-state index contributed by atoms with van der Waals surface area (Å²) in [4.78, 5) is 11.6. The molecule has 0 aliphatic heterocycles. The minimum Gasteiger partial charge on any atom is -0.482 e. The molecule has 0 spiro atoms. The van der Waals surface area contributed by atoms with Crippen molar-refractivity contribution < 1.29 is 14.3 Å². The molecule has 0 heterocycles. The van der Waals surface area contributed by atoms with Crippen molar-refractivity contribution in [1.29, 1.82) is 0 Å². The Balaban J connectivity index is 1.85. The standard InChI is InChI=1S/C16H22ClNO3/c1-2-3-9-20-16(19)11-21-15-6-4-5-14(17)13(15)10-18-12-7-8-12/h4-6,12,18H,2-3,7-11H2,1H3. The molecule has 0 aromatic heterocycles. The van der Waals surface area contributed by atoms with Gasteiger partial charge in [0, 0.05) is 23.2 Å². The first-order chi connectivity index (χ1) is 10.2.